The van der Waals surface area contributed by atoms with Crippen molar-refractivity contribution in [1.82, 2.24) is 9.97 Å². The van der Waals surface area contributed by atoms with Crippen molar-refractivity contribution in [1.29, 1.82) is 0 Å². The molecule has 0 aliphatic carbocycles. The third-order valence-corrected chi connectivity index (χ3v) is 2.80. The molecule has 84 valence electrons. The summed E-state index contributed by atoms with van der Waals surface area (Å²) >= 11 is 0. The van der Waals surface area contributed by atoms with Crippen LogP contribution in [0.4, 0.5) is 5.95 Å². The number of rotatable bonds is 5. The van der Waals surface area contributed by atoms with Crippen molar-refractivity contribution in [3.63, 3.8) is 0 Å². The summed E-state index contributed by atoms with van der Waals surface area (Å²) in [5.41, 5.74) is 0.885. The summed E-state index contributed by atoms with van der Waals surface area (Å²) in [7, 11) is -2.87. The van der Waals surface area contributed by atoms with E-state index in [0.717, 1.165) is 5.69 Å². The minimum absolute atomic E-state index is 0.186. The number of aryl methyl sites for hydroxylation is 1. The maximum absolute atomic E-state index is 10.8. The molecule has 1 rings (SSSR count). The van der Waals surface area contributed by atoms with E-state index in [1.54, 1.807) is 6.20 Å². The fraction of sp³-hybridized carbons (Fsp3) is 0.556. The van der Waals surface area contributed by atoms with Gasteiger partial charge in [-0.25, -0.2) is 18.4 Å². The normalized spacial score (nSPS) is 11.3. The number of sulfone groups is 1. The lowest BCUT2D eigenvalue weighted by Gasteiger charge is -2.03. The molecule has 0 saturated heterocycles. The highest BCUT2D eigenvalue weighted by Crippen LogP contribution is 1.99. The Hall–Kier alpha value is -1.17. The molecular weight excluding hydrogens is 214 g/mol. The molecule has 1 aromatic heterocycles. The predicted molar refractivity (Wildman–Crippen MR) is 59.6 cm³/mol. The van der Waals surface area contributed by atoms with Crippen LogP contribution in [0.5, 0.6) is 0 Å². The second-order valence-corrected chi connectivity index (χ2v) is 5.69. The maximum atomic E-state index is 10.8. The summed E-state index contributed by atoms with van der Waals surface area (Å²) in [6.45, 7) is 2.44. The van der Waals surface area contributed by atoms with E-state index in [-0.39, 0.29) is 5.75 Å². The van der Waals surface area contributed by atoms with Gasteiger partial charge in [0.1, 0.15) is 9.84 Å². The Morgan fingerprint density at radius 3 is 2.80 bits per heavy atom. The molecule has 0 unspecified atom stereocenters. The Kier molecular flexibility index (Phi) is 4.02. The number of anilines is 1. The Balaban J connectivity index is 2.32. The molecule has 6 heteroatoms. The van der Waals surface area contributed by atoms with Crippen LogP contribution in [0.2, 0.25) is 0 Å². The first-order valence-electron chi connectivity index (χ1n) is 4.68. The Morgan fingerprint density at radius 2 is 2.20 bits per heavy atom. The number of aromatic nitrogens is 2. The van der Waals surface area contributed by atoms with Crippen LogP contribution in [0.1, 0.15) is 12.1 Å². The van der Waals surface area contributed by atoms with Gasteiger partial charge in [-0.1, -0.05) is 0 Å². The van der Waals surface area contributed by atoms with Crippen molar-refractivity contribution in [2.45, 2.75) is 13.3 Å². The fourth-order valence-corrected chi connectivity index (χ4v) is 1.74. The van der Waals surface area contributed by atoms with Crippen molar-refractivity contribution in [2.75, 3.05) is 23.9 Å². The molecule has 0 saturated carbocycles. The van der Waals surface area contributed by atoms with Crippen molar-refractivity contribution in [3.8, 4) is 0 Å². The summed E-state index contributed by atoms with van der Waals surface area (Å²) in [6.07, 6.45) is 3.47. The lowest BCUT2D eigenvalue weighted by atomic mass is 10.4. The smallest absolute Gasteiger partial charge is 0.222 e. The summed E-state index contributed by atoms with van der Waals surface area (Å²) in [5, 5.41) is 2.97. The quantitative estimate of drug-likeness (QED) is 0.750. The van der Waals surface area contributed by atoms with E-state index in [0.29, 0.717) is 18.9 Å². The van der Waals surface area contributed by atoms with Crippen molar-refractivity contribution >= 4 is 15.8 Å². The minimum atomic E-state index is -2.87. The zero-order chi connectivity index (χ0) is 11.3. The summed E-state index contributed by atoms with van der Waals surface area (Å²) < 4.78 is 21.7. The van der Waals surface area contributed by atoms with Crippen LogP contribution in [-0.4, -0.2) is 36.9 Å². The number of hydrogen-bond donors (Lipinski definition) is 1. The monoisotopic (exact) mass is 229 g/mol. The van der Waals surface area contributed by atoms with E-state index in [1.807, 2.05) is 13.0 Å². The van der Waals surface area contributed by atoms with Gasteiger partial charge in [-0.15, -0.1) is 0 Å². The van der Waals surface area contributed by atoms with Gasteiger partial charge in [-0.3, -0.25) is 0 Å². The van der Waals surface area contributed by atoms with Crippen LogP contribution in [0, 0.1) is 6.92 Å². The van der Waals surface area contributed by atoms with E-state index >= 15 is 0 Å². The molecule has 0 bridgehead atoms. The second-order valence-electron chi connectivity index (χ2n) is 3.43. The topological polar surface area (TPSA) is 72.0 Å². The highest BCUT2D eigenvalue weighted by molar-refractivity contribution is 7.90. The largest absolute Gasteiger partial charge is 0.354 e. The van der Waals surface area contributed by atoms with Gasteiger partial charge in [0.15, 0.2) is 0 Å². The zero-order valence-corrected chi connectivity index (χ0v) is 9.71. The molecule has 0 aliphatic rings. The van der Waals surface area contributed by atoms with Gasteiger partial charge >= 0.3 is 0 Å². The highest BCUT2D eigenvalue weighted by atomic mass is 32.2. The molecule has 1 heterocycles. The van der Waals surface area contributed by atoms with E-state index in [4.69, 9.17) is 0 Å². The molecular formula is C9H15N3O2S. The van der Waals surface area contributed by atoms with Crippen molar-refractivity contribution in [3.05, 3.63) is 18.0 Å². The van der Waals surface area contributed by atoms with Crippen LogP contribution in [-0.2, 0) is 9.84 Å². The summed E-state index contributed by atoms with van der Waals surface area (Å²) in [6, 6.07) is 1.81. The van der Waals surface area contributed by atoms with Gasteiger partial charge in [0.2, 0.25) is 5.95 Å². The van der Waals surface area contributed by atoms with Crippen molar-refractivity contribution < 1.29 is 8.42 Å². The van der Waals surface area contributed by atoms with Crippen LogP contribution < -0.4 is 5.32 Å². The molecule has 0 spiro atoms. The zero-order valence-electron chi connectivity index (χ0n) is 8.90. The number of hydrogen-bond acceptors (Lipinski definition) is 5. The average molecular weight is 229 g/mol. The highest BCUT2D eigenvalue weighted by Gasteiger charge is 2.01. The van der Waals surface area contributed by atoms with Crippen LogP contribution in [0.25, 0.3) is 0 Å². The maximum Gasteiger partial charge on any atom is 0.222 e. The lowest BCUT2D eigenvalue weighted by molar-refractivity contribution is 0.600. The predicted octanol–water partition coefficient (Wildman–Crippen LogP) is 0.632. The Bertz CT molecular complexity index is 417. The third kappa shape index (κ3) is 5.31. The first-order chi connectivity index (χ1) is 6.97. The van der Waals surface area contributed by atoms with E-state index in [1.165, 1.54) is 6.26 Å². The van der Waals surface area contributed by atoms with Gasteiger partial charge in [0.05, 0.1) is 5.75 Å². The van der Waals surface area contributed by atoms with Crippen LogP contribution in [0.15, 0.2) is 12.3 Å². The molecule has 0 atom stereocenters. The van der Waals surface area contributed by atoms with Gasteiger partial charge < -0.3 is 5.32 Å². The van der Waals surface area contributed by atoms with Crippen molar-refractivity contribution in [2.24, 2.45) is 0 Å². The minimum Gasteiger partial charge on any atom is -0.354 e. The summed E-state index contributed by atoms with van der Waals surface area (Å²) in [4.78, 5) is 8.14. The number of nitrogens with one attached hydrogen (secondary N) is 1. The first-order valence-corrected chi connectivity index (χ1v) is 6.75. The van der Waals surface area contributed by atoms with Gasteiger partial charge in [0.25, 0.3) is 0 Å². The van der Waals surface area contributed by atoms with Crippen LogP contribution >= 0.6 is 0 Å². The average Bonchev–Trinajstić information content (AvgIpc) is 2.11. The van der Waals surface area contributed by atoms with E-state index in [9.17, 15) is 8.42 Å². The fourth-order valence-electron chi connectivity index (χ4n) is 1.07. The number of nitrogens with zero attached hydrogens (tertiary/aromatic N) is 2. The standard InChI is InChI=1S/C9H15N3O2S/c1-8-4-6-11-9(12-8)10-5-3-7-15(2,13)14/h4,6H,3,5,7H2,1-2H3,(H,10,11,12). The van der Waals surface area contributed by atoms with Gasteiger partial charge in [-0.2, -0.15) is 0 Å². The van der Waals surface area contributed by atoms with E-state index < -0.39 is 9.84 Å². The molecule has 0 aliphatic heterocycles. The van der Waals surface area contributed by atoms with E-state index in [2.05, 4.69) is 15.3 Å². The molecule has 1 N–H and O–H groups in total. The Morgan fingerprint density at radius 1 is 1.47 bits per heavy atom. The van der Waals surface area contributed by atoms with Gasteiger partial charge in [0, 0.05) is 24.7 Å². The molecule has 0 radical (unpaired) electrons. The lowest BCUT2D eigenvalue weighted by Crippen LogP contribution is -2.11. The second kappa shape index (κ2) is 5.06. The Labute approximate surface area is 89.9 Å². The molecule has 1 aromatic rings. The molecule has 5 nitrogen and oxygen atoms in total. The molecule has 0 amide bonds. The van der Waals surface area contributed by atoms with Gasteiger partial charge in [-0.05, 0) is 19.4 Å². The molecule has 15 heavy (non-hydrogen) atoms. The third-order valence-electron chi connectivity index (χ3n) is 1.77. The first kappa shape index (κ1) is 11.9. The van der Waals surface area contributed by atoms with Crippen LogP contribution in [0.3, 0.4) is 0 Å². The SMILES string of the molecule is Cc1ccnc(NCCCS(C)(=O)=O)n1. The molecule has 0 fully saturated rings. The summed E-state index contributed by atoms with van der Waals surface area (Å²) in [5.74, 6) is 0.731. The molecule has 0 aromatic carbocycles.